The molecule has 0 amide bonds. The van der Waals surface area contributed by atoms with E-state index in [1.54, 1.807) is 11.3 Å². The molecule has 88 valence electrons. The van der Waals surface area contributed by atoms with Crippen LogP contribution in [0.1, 0.15) is 0 Å². The van der Waals surface area contributed by atoms with E-state index in [1.165, 1.54) is 10.9 Å². The Morgan fingerprint density at radius 2 is 2.17 bits per heavy atom. The molecule has 0 unspecified atom stereocenters. The van der Waals surface area contributed by atoms with E-state index >= 15 is 0 Å². The number of rotatable bonds is 1. The normalized spacial score (nSPS) is 11.6. The van der Waals surface area contributed by atoms with Crippen LogP contribution < -0.4 is 5.73 Å². The van der Waals surface area contributed by atoms with Crippen molar-refractivity contribution in [1.29, 1.82) is 0 Å². The molecule has 0 bridgehead atoms. The highest BCUT2D eigenvalue weighted by Gasteiger charge is 2.12. The number of nitrogens with one attached hydrogen (secondary N) is 1. The molecule has 0 aliphatic heterocycles. The molecular weight excluding hydrogens is 244 g/mol. The van der Waals surface area contributed by atoms with Crippen molar-refractivity contribution in [3.8, 4) is 11.3 Å². The van der Waals surface area contributed by atoms with Crippen molar-refractivity contribution in [2.75, 3.05) is 5.73 Å². The number of thiazole rings is 1. The quantitative estimate of drug-likeness (QED) is 0.548. The molecule has 0 fully saturated rings. The van der Waals surface area contributed by atoms with Crippen molar-refractivity contribution in [2.45, 2.75) is 0 Å². The van der Waals surface area contributed by atoms with Crippen molar-refractivity contribution >= 4 is 33.0 Å². The van der Waals surface area contributed by atoms with Crippen LogP contribution in [-0.2, 0) is 0 Å². The first kappa shape index (κ1) is 9.73. The Morgan fingerprint density at radius 1 is 1.28 bits per heavy atom. The Morgan fingerprint density at radius 3 is 3.11 bits per heavy atom. The second-order valence-corrected chi connectivity index (χ2v) is 5.02. The fraction of sp³-hybridized carbons (Fsp3) is 0. The molecule has 0 aliphatic carbocycles. The molecule has 0 spiro atoms. The van der Waals surface area contributed by atoms with E-state index in [9.17, 15) is 0 Å². The van der Waals surface area contributed by atoms with Gasteiger partial charge in [0.05, 0.1) is 11.9 Å². The highest BCUT2D eigenvalue weighted by atomic mass is 32.1. The maximum Gasteiger partial charge on any atom is 0.196 e. The number of benzene rings is 1. The van der Waals surface area contributed by atoms with Gasteiger partial charge in [0.25, 0.3) is 0 Å². The van der Waals surface area contributed by atoms with Gasteiger partial charge in [-0.1, -0.05) is 18.2 Å². The zero-order valence-electron chi connectivity index (χ0n) is 9.42. The van der Waals surface area contributed by atoms with Gasteiger partial charge in [-0.05, 0) is 6.07 Å². The molecule has 1 aromatic carbocycles. The Balaban J connectivity index is 2.07. The third-order valence-electron chi connectivity index (χ3n) is 3.09. The van der Waals surface area contributed by atoms with E-state index in [0.717, 1.165) is 16.2 Å². The number of aromatic nitrogens is 3. The predicted molar refractivity (Wildman–Crippen MR) is 74.8 cm³/mol. The molecule has 0 saturated carbocycles. The van der Waals surface area contributed by atoms with E-state index in [4.69, 9.17) is 5.73 Å². The fourth-order valence-electron chi connectivity index (χ4n) is 2.28. The molecule has 18 heavy (non-hydrogen) atoms. The maximum absolute atomic E-state index is 5.74. The van der Waals surface area contributed by atoms with E-state index < -0.39 is 0 Å². The molecule has 4 rings (SSSR count). The second kappa shape index (κ2) is 3.36. The molecule has 4 aromatic rings. The second-order valence-electron chi connectivity index (χ2n) is 4.19. The molecule has 3 aromatic heterocycles. The average Bonchev–Trinajstić information content (AvgIpc) is 3.02. The van der Waals surface area contributed by atoms with Crippen molar-refractivity contribution in [2.24, 2.45) is 0 Å². The summed E-state index contributed by atoms with van der Waals surface area (Å²) in [6.45, 7) is 0. The number of nitrogens with two attached hydrogens (primary N) is 1. The Kier molecular flexibility index (Phi) is 1.82. The summed E-state index contributed by atoms with van der Waals surface area (Å²) in [5.74, 6) is 0.558. The number of aromatic amines is 1. The van der Waals surface area contributed by atoms with Gasteiger partial charge in [0.15, 0.2) is 4.96 Å². The maximum atomic E-state index is 5.74. The van der Waals surface area contributed by atoms with Crippen LogP contribution in [0.25, 0.3) is 27.1 Å². The number of anilines is 1. The minimum atomic E-state index is 0.558. The molecule has 3 heterocycles. The third kappa shape index (κ3) is 1.22. The standard InChI is InChI=1S/C13H10N4S/c14-12-6-17-11(7-18-13(17)16-12)9-5-15-10-4-2-1-3-8(9)10/h1-7,15H,14H2. The number of nitrogen functional groups attached to an aromatic ring is 1. The van der Waals surface area contributed by atoms with Gasteiger partial charge >= 0.3 is 0 Å². The summed E-state index contributed by atoms with van der Waals surface area (Å²) in [6, 6.07) is 8.27. The summed E-state index contributed by atoms with van der Waals surface area (Å²) in [5, 5.41) is 3.32. The first-order valence-corrected chi connectivity index (χ1v) is 6.49. The largest absolute Gasteiger partial charge is 0.382 e. The molecule has 0 aliphatic rings. The van der Waals surface area contributed by atoms with Gasteiger partial charge in [0.1, 0.15) is 5.82 Å². The lowest BCUT2D eigenvalue weighted by molar-refractivity contribution is 1.24. The van der Waals surface area contributed by atoms with E-state index in [-0.39, 0.29) is 0 Å². The van der Waals surface area contributed by atoms with Crippen LogP contribution in [0.2, 0.25) is 0 Å². The zero-order chi connectivity index (χ0) is 12.1. The molecule has 3 N–H and O–H groups in total. The van der Waals surface area contributed by atoms with Crippen LogP contribution in [0, 0.1) is 0 Å². The molecule has 4 nitrogen and oxygen atoms in total. The van der Waals surface area contributed by atoms with Crippen molar-refractivity contribution in [1.82, 2.24) is 14.4 Å². The summed E-state index contributed by atoms with van der Waals surface area (Å²) < 4.78 is 2.04. The van der Waals surface area contributed by atoms with Gasteiger partial charge in [0, 0.05) is 28.0 Å². The molecule has 5 heteroatoms. The van der Waals surface area contributed by atoms with Crippen molar-refractivity contribution < 1.29 is 0 Å². The van der Waals surface area contributed by atoms with Gasteiger partial charge in [-0.25, -0.2) is 4.98 Å². The Labute approximate surface area is 107 Å². The SMILES string of the molecule is Nc1cn2c(-c3c[nH]c4ccccc34)csc2n1. The fourth-order valence-corrected chi connectivity index (χ4v) is 3.16. The number of para-hydroxylation sites is 1. The highest BCUT2D eigenvalue weighted by molar-refractivity contribution is 7.15. The van der Waals surface area contributed by atoms with Crippen molar-refractivity contribution in [3.05, 3.63) is 42.0 Å². The van der Waals surface area contributed by atoms with Crippen LogP contribution in [0.4, 0.5) is 5.82 Å². The van der Waals surface area contributed by atoms with Crippen LogP contribution in [0.5, 0.6) is 0 Å². The summed E-state index contributed by atoms with van der Waals surface area (Å²) in [4.78, 5) is 8.48. The number of fused-ring (bicyclic) bond motifs is 2. The summed E-state index contributed by atoms with van der Waals surface area (Å²) in [7, 11) is 0. The molecule has 0 radical (unpaired) electrons. The third-order valence-corrected chi connectivity index (χ3v) is 3.93. The first-order valence-electron chi connectivity index (χ1n) is 5.61. The number of H-pyrrole nitrogens is 1. The topological polar surface area (TPSA) is 59.1 Å². The number of imidazole rings is 1. The first-order chi connectivity index (χ1) is 8.83. The van der Waals surface area contributed by atoms with E-state index in [2.05, 4.69) is 27.5 Å². The number of hydrogen-bond donors (Lipinski definition) is 2. The van der Waals surface area contributed by atoms with Crippen molar-refractivity contribution in [3.63, 3.8) is 0 Å². The lowest BCUT2D eigenvalue weighted by Crippen LogP contribution is -1.83. The van der Waals surface area contributed by atoms with Gasteiger partial charge in [-0.3, -0.25) is 4.40 Å². The monoisotopic (exact) mass is 254 g/mol. The summed E-state index contributed by atoms with van der Waals surface area (Å²) in [6.07, 6.45) is 3.89. The van der Waals surface area contributed by atoms with Crippen LogP contribution in [-0.4, -0.2) is 14.4 Å². The predicted octanol–water partition coefficient (Wildman–Crippen LogP) is 3.13. The van der Waals surface area contributed by atoms with Gasteiger partial charge in [-0.15, -0.1) is 11.3 Å². The minimum Gasteiger partial charge on any atom is -0.382 e. The summed E-state index contributed by atoms with van der Waals surface area (Å²) >= 11 is 1.60. The van der Waals surface area contributed by atoms with Gasteiger partial charge in [0.2, 0.25) is 0 Å². The van der Waals surface area contributed by atoms with E-state index in [0.29, 0.717) is 5.82 Å². The minimum absolute atomic E-state index is 0.558. The smallest absolute Gasteiger partial charge is 0.196 e. The Bertz CT molecular complexity index is 852. The zero-order valence-corrected chi connectivity index (χ0v) is 10.2. The van der Waals surface area contributed by atoms with Crippen LogP contribution in [0.3, 0.4) is 0 Å². The average molecular weight is 254 g/mol. The van der Waals surface area contributed by atoms with Crippen LogP contribution in [0.15, 0.2) is 42.0 Å². The number of nitrogens with zero attached hydrogens (tertiary/aromatic N) is 2. The lowest BCUT2D eigenvalue weighted by Gasteiger charge is -1.97. The summed E-state index contributed by atoms with van der Waals surface area (Å²) in [5.41, 5.74) is 9.17. The van der Waals surface area contributed by atoms with Crippen LogP contribution >= 0.6 is 11.3 Å². The highest BCUT2D eigenvalue weighted by Crippen LogP contribution is 2.32. The van der Waals surface area contributed by atoms with E-state index in [1.807, 2.05) is 28.9 Å². The Hall–Kier alpha value is -2.27. The molecule has 0 atom stereocenters. The molecular formula is C13H10N4S. The lowest BCUT2D eigenvalue weighted by atomic mass is 10.1. The van der Waals surface area contributed by atoms with Gasteiger partial charge in [-0.2, -0.15) is 0 Å². The molecule has 0 saturated heterocycles. The number of hydrogen-bond acceptors (Lipinski definition) is 3. The van der Waals surface area contributed by atoms with Gasteiger partial charge < -0.3 is 10.7 Å².